The average molecular weight is 482 g/mol. The highest BCUT2D eigenvalue weighted by Crippen LogP contribution is 2.25. The molecular weight excluding hydrogens is 450 g/mol. The third-order valence-electron chi connectivity index (χ3n) is 6.58. The van der Waals surface area contributed by atoms with Crippen molar-refractivity contribution < 1.29 is 0 Å². The molecule has 2 aromatic heterocycles. The Labute approximate surface area is 210 Å². The van der Waals surface area contributed by atoms with Gasteiger partial charge in [-0.2, -0.15) is 5.10 Å². The van der Waals surface area contributed by atoms with Gasteiger partial charge >= 0.3 is 0 Å². The van der Waals surface area contributed by atoms with E-state index in [2.05, 4.69) is 57.8 Å². The number of anilines is 3. The van der Waals surface area contributed by atoms with E-state index < -0.39 is 0 Å². The molecule has 2 aromatic carbocycles. The fourth-order valence-electron chi connectivity index (χ4n) is 4.55. The molecule has 184 valence electrons. The van der Waals surface area contributed by atoms with E-state index in [1.165, 1.54) is 10.4 Å². The van der Waals surface area contributed by atoms with Crippen LogP contribution in [0.5, 0.6) is 0 Å². The molecule has 0 unspecified atom stereocenters. The van der Waals surface area contributed by atoms with Crippen LogP contribution in [0, 0.1) is 0 Å². The predicted molar refractivity (Wildman–Crippen MR) is 146 cm³/mol. The second-order valence-corrected chi connectivity index (χ2v) is 9.24. The zero-order valence-corrected chi connectivity index (χ0v) is 20.8. The molecule has 0 amide bonds. The van der Waals surface area contributed by atoms with E-state index in [-0.39, 0.29) is 5.56 Å². The van der Waals surface area contributed by atoms with Gasteiger partial charge in [0.2, 0.25) is 5.95 Å². The maximum absolute atomic E-state index is 13.0. The molecule has 1 aliphatic rings. The van der Waals surface area contributed by atoms with Crippen LogP contribution in [0.25, 0.3) is 22.2 Å². The number of hydrogen-bond acceptors (Lipinski definition) is 7. The number of allylic oxidation sites excluding steroid dienone is 1. The van der Waals surface area contributed by atoms with Crippen molar-refractivity contribution in [1.82, 2.24) is 24.6 Å². The standard InChI is InChI=1S/C28H31N7O/c1-4-14-35-27(36)24-19-29-28(31-26(24)25(32-35)21-8-6-5-7-9-21)30-22-10-12-23(13-11-22)34-17-15-33(16-18-34)20(2)3/h4-13,19-20H,1,14-18H2,2-3H3,(H,29,30,31). The summed E-state index contributed by atoms with van der Waals surface area (Å²) in [5.41, 5.74) is 3.89. The number of benzene rings is 2. The van der Waals surface area contributed by atoms with Crippen LogP contribution in [0.3, 0.4) is 0 Å². The van der Waals surface area contributed by atoms with Gasteiger partial charge in [-0.1, -0.05) is 36.4 Å². The lowest BCUT2D eigenvalue weighted by Crippen LogP contribution is -2.48. The number of nitrogens with one attached hydrogen (secondary N) is 1. The smallest absolute Gasteiger partial charge is 0.278 e. The molecule has 3 heterocycles. The molecule has 8 heteroatoms. The average Bonchev–Trinajstić information content (AvgIpc) is 2.91. The minimum Gasteiger partial charge on any atom is -0.369 e. The van der Waals surface area contributed by atoms with Gasteiger partial charge in [-0.25, -0.2) is 14.6 Å². The lowest BCUT2D eigenvalue weighted by atomic mass is 10.1. The molecule has 0 atom stereocenters. The third kappa shape index (κ3) is 4.85. The molecule has 1 saturated heterocycles. The minimum atomic E-state index is -0.238. The molecule has 0 aliphatic carbocycles. The summed E-state index contributed by atoms with van der Waals surface area (Å²) < 4.78 is 1.40. The van der Waals surface area contributed by atoms with Crippen molar-refractivity contribution in [3.63, 3.8) is 0 Å². The van der Waals surface area contributed by atoms with E-state index in [1.54, 1.807) is 12.3 Å². The molecule has 8 nitrogen and oxygen atoms in total. The van der Waals surface area contributed by atoms with E-state index in [4.69, 9.17) is 4.98 Å². The lowest BCUT2D eigenvalue weighted by Gasteiger charge is -2.38. The van der Waals surface area contributed by atoms with E-state index in [0.717, 1.165) is 37.4 Å². The summed E-state index contributed by atoms with van der Waals surface area (Å²) in [6, 6.07) is 18.7. The number of piperazine rings is 1. The van der Waals surface area contributed by atoms with Crippen LogP contribution in [-0.4, -0.2) is 56.9 Å². The van der Waals surface area contributed by atoms with Crippen LogP contribution < -0.4 is 15.8 Å². The van der Waals surface area contributed by atoms with E-state index in [9.17, 15) is 4.79 Å². The Morgan fingerprint density at radius 1 is 1.03 bits per heavy atom. The summed E-state index contributed by atoms with van der Waals surface area (Å²) in [4.78, 5) is 27.0. The predicted octanol–water partition coefficient (Wildman–Crippen LogP) is 4.31. The number of nitrogens with zero attached hydrogens (tertiary/aromatic N) is 6. The molecule has 0 saturated carbocycles. The van der Waals surface area contributed by atoms with Crippen LogP contribution >= 0.6 is 0 Å². The summed E-state index contributed by atoms with van der Waals surface area (Å²) in [6.45, 7) is 12.8. The molecule has 1 aliphatic heterocycles. The van der Waals surface area contributed by atoms with Crippen LogP contribution in [0.1, 0.15) is 13.8 Å². The summed E-state index contributed by atoms with van der Waals surface area (Å²) in [7, 11) is 0. The maximum Gasteiger partial charge on any atom is 0.278 e. The van der Waals surface area contributed by atoms with Crippen LogP contribution in [-0.2, 0) is 6.54 Å². The van der Waals surface area contributed by atoms with E-state index in [0.29, 0.717) is 35.1 Å². The van der Waals surface area contributed by atoms with Gasteiger partial charge in [0.15, 0.2) is 0 Å². The summed E-state index contributed by atoms with van der Waals surface area (Å²) >= 11 is 0. The second kappa shape index (κ2) is 10.3. The van der Waals surface area contributed by atoms with E-state index >= 15 is 0 Å². The topological polar surface area (TPSA) is 79.2 Å². The molecule has 0 bridgehead atoms. The monoisotopic (exact) mass is 481 g/mol. The largest absolute Gasteiger partial charge is 0.369 e. The Hall–Kier alpha value is -4.04. The zero-order valence-electron chi connectivity index (χ0n) is 20.8. The highest BCUT2D eigenvalue weighted by Gasteiger charge is 2.19. The van der Waals surface area contributed by atoms with Gasteiger partial charge in [-0.15, -0.1) is 6.58 Å². The lowest BCUT2D eigenvalue weighted by molar-refractivity contribution is 0.209. The van der Waals surface area contributed by atoms with Crippen LogP contribution in [0.2, 0.25) is 0 Å². The van der Waals surface area contributed by atoms with Crippen molar-refractivity contribution in [3.05, 3.63) is 83.8 Å². The summed E-state index contributed by atoms with van der Waals surface area (Å²) in [6.07, 6.45) is 3.23. The summed E-state index contributed by atoms with van der Waals surface area (Å²) in [5, 5.41) is 8.30. The first-order valence-corrected chi connectivity index (χ1v) is 12.3. The van der Waals surface area contributed by atoms with Gasteiger partial charge in [-0.3, -0.25) is 9.69 Å². The fraction of sp³-hybridized carbons (Fsp3) is 0.286. The Morgan fingerprint density at radius 3 is 2.42 bits per heavy atom. The molecule has 0 spiro atoms. The maximum atomic E-state index is 13.0. The molecule has 4 aromatic rings. The number of fused-ring (bicyclic) bond motifs is 1. The van der Waals surface area contributed by atoms with Crippen molar-refractivity contribution in [2.45, 2.75) is 26.4 Å². The Kier molecular flexibility index (Phi) is 6.77. The fourth-order valence-corrected chi connectivity index (χ4v) is 4.55. The van der Waals surface area contributed by atoms with Crippen LogP contribution in [0.15, 0.2) is 78.2 Å². The Balaban J connectivity index is 1.41. The minimum absolute atomic E-state index is 0.238. The zero-order chi connectivity index (χ0) is 25.1. The summed E-state index contributed by atoms with van der Waals surface area (Å²) in [5.74, 6) is 0.417. The highest BCUT2D eigenvalue weighted by molar-refractivity contribution is 5.90. The quantitative estimate of drug-likeness (QED) is 0.394. The Bertz CT molecular complexity index is 1410. The molecule has 0 radical (unpaired) electrons. The van der Waals surface area contributed by atoms with Crippen molar-refractivity contribution in [2.24, 2.45) is 0 Å². The van der Waals surface area contributed by atoms with Gasteiger partial charge < -0.3 is 10.2 Å². The first kappa shape index (κ1) is 23.7. The van der Waals surface area contributed by atoms with Gasteiger partial charge in [0, 0.05) is 55.4 Å². The SMILES string of the molecule is C=CCn1nc(-c2ccccc2)c2nc(Nc3ccc(N4CCN(C(C)C)CC4)cc3)ncc2c1=O. The molecule has 36 heavy (non-hydrogen) atoms. The van der Waals surface area contributed by atoms with Crippen molar-refractivity contribution in [1.29, 1.82) is 0 Å². The first-order chi connectivity index (χ1) is 17.5. The van der Waals surface area contributed by atoms with Gasteiger partial charge in [-0.05, 0) is 38.1 Å². The number of rotatable bonds is 7. The van der Waals surface area contributed by atoms with Crippen molar-refractivity contribution in [2.75, 3.05) is 36.4 Å². The van der Waals surface area contributed by atoms with Crippen molar-refractivity contribution in [3.8, 4) is 11.3 Å². The van der Waals surface area contributed by atoms with Gasteiger partial charge in [0.25, 0.3) is 5.56 Å². The van der Waals surface area contributed by atoms with Crippen LogP contribution in [0.4, 0.5) is 17.3 Å². The molecular formula is C28H31N7O. The number of hydrogen-bond donors (Lipinski definition) is 1. The number of aromatic nitrogens is 4. The molecule has 5 rings (SSSR count). The Morgan fingerprint density at radius 2 is 1.75 bits per heavy atom. The van der Waals surface area contributed by atoms with Gasteiger partial charge in [0.1, 0.15) is 11.2 Å². The van der Waals surface area contributed by atoms with Crippen molar-refractivity contribution >= 4 is 28.2 Å². The molecule has 1 N–H and O–H groups in total. The third-order valence-corrected chi connectivity index (χ3v) is 6.58. The highest BCUT2D eigenvalue weighted by atomic mass is 16.1. The molecule has 1 fully saturated rings. The van der Waals surface area contributed by atoms with Gasteiger partial charge in [0.05, 0.1) is 11.9 Å². The second-order valence-electron chi connectivity index (χ2n) is 9.24. The first-order valence-electron chi connectivity index (χ1n) is 12.3. The normalized spacial score (nSPS) is 14.4. The van der Waals surface area contributed by atoms with E-state index in [1.807, 2.05) is 42.5 Å².